The largest absolute Gasteiger partial charge is 0.477 e. The number of aromatic nitrogens is 4. The van der Waals surface area contributed by atoms with Gasteiger partial charge in [-0.1, -0.05) is 10.3 Å². The lowest BCUT2D eigenvalue weighted by Gasteiger charge is -2.49. The number of carboxylic acid groups (broad SMARTS) is 2. The van der Waals surface area contributed by atoms with Gasteiger partial charge in [-0.25, -0.2) is 28.7 Å². The van der Waals surface area contributed by atoms with Crippen LogP contribution >= 0.6 is 46.2 Å². The number of nitrogen functional groups attached to an aromatic ring is 2. The standard InChI is InChI=1S/C50H56N14O14S4/c1-5-61(17-27-7-11-59(12-8-27)19-29-23-79-45-37(43(69)63(45)39(29)47(71)72)55-41(67)35(57-75-3)31-25-81-49(51)53-31)33(65)21-77-15-16-78-22-34(66)62(6-2)18-28-9-13-60(14-10-28)20-30-24-80-46-38(44(70)64(46)40(30)48(73)74)56-42(68)36(58-76-4)32-26-82-50(52)54-32/h7-14,25-26,37-38,45-46H,5-6,15-24H2,1-4H3,(H6-2,51,52,53,54,55,56,67,68,71,72,73,74)/p+2. The van der Waals surface area contributed by atoms with E-state index in [2.05, 4.69) is 30.9 Å². The number of carboxylic acids is 2. The fraction of sp³-hybridized carbons (Fsp3) is 0.400. The molecule has 434 valence electrons. The van der Waals surface area contributed by atoms with E-state index >= 15 is 0 Å². The predicted octanol–water partition coefficient (Wildman–Crippen LogP) is -0.652. The molecule has 4 aliphatic heterocycles. The Morgan fingerprint density at radius 3 is 1.37 bits per heavy atom. The van der Waals surface area contributed by atoms with E-state index in [-0.39, 0.29) is 120 Å². The van der Waals surface area contributed by atoms with Crippen LogP contribution in [0.2, 0.25) is 0 Å². The second-order valence-corrected chi connectivity index (χ2v) is 22.3. The number of oxime groups is 2. The molecule has 82 heavy (non-hydrogen) atoms. The lowest BCUT2D eigenvalue weighted by molar-refractivity contribution is -0.689. The first-order valence-corrected chi connectivity index (χ1v) is 29.0. The molecule has 0 aromatic carbocycles. The number of thiazole rings is 2. The molecule has 8 heterocycles. The molecule has 28 nitrogen and oxygen atoms in total. The number of aliphatic carboxylic acids is 2. The van der Waals surface area contributed by atoms with E-state index in [1.807, 2.05) is 38.1 Å². The third kappa shape index (κ3) is 13.6. The highest BCUT2D eigenvalue weighted by molar-refractivity contribution is 8.00. The van der Waals surface area contributed by atoms with Gasteiger partial charge >= 0.3 is 11.9 Å². The van der Waals surface area contributed by atoms with Crippen LogP contribution in [0.1, 0.15) is 36.4 Å². The van der Waals surface area contributed by atoms with E-state index in [1.165, 1.54) is 58.3 Å². The number of nitrogens with zero attached hydrogens (tertiary/aromatic N) is 10. The number of nitrogens with one attached hydrogen (secondary N) is 2. The van der Waals surface area contributed by atoms with Crippen LogP contribution < -0.4 is 31.2 Å². The van der Waals surface area contributed by atoms with E-state index in [0.29, 0.717) is 24.2 Å². The summed E-state index contributed by atoms with van der Waals surface area (Å²) in [5.41, 5.74) is 13.7. The summed E-state index contributed by atoms with van der Waals surface area (Å²) in [4.78, 5) is 128. The van der Waals surface area contributed by atoms with Gasteiger partial charge in [-0.05, 0) is 25.0 Å². The third-order valence-corrected chi connectivity index (χ3v) is 17.1. The minimum absolute atomic E-state index is 0.0585. The van der Waals surface area contributed by atoms with Crippen molar-refractivity contribution < 1.29 is 76.9 Å². The second kappa shape index (κ2) is 27.2. The van der Waals surface area contributed by atoms with Crippen molar-refractivity contribution in [1.82, 2.24) is 40.2 Å². The summed E-state index contributed by atoms with van der Waals surface area (Å²) < 4.78 is 14.8. The summed E-state index contributed by atoms with van der Waals surface area (Å²) in [5.74, 6) is -5.16. The summed E-state index contributed by atoms with van der Waals surface area (Å²) in [7, 11) is 2.52. The zero-order chi connectivity index (χ0) is 58.8. The molecule has 4 aliphatic rings. The lowest BCUT2D eigenvalue weighted by atomic mass is 10.0. The molecule has 0 saturated carbocycles. The van der Waals surface area contributed by atoms with Crippen molar-refractivity contribution >= 4 is 115 Å². The van der Waals surface area contributed by atoms with Gasteiger partial charge in [-0.3, -0.25) is 38.6 Å². The number of hydrogen-bond donors (Lipinski definition) is 6. The minimum Gasteiger partial charge on any atom is -0.477 e. The van der Waals surface area contributed by atoms with E-state index < -0.39 is 58.4 Å². The van der Waals surface area contributed by atoms with Gasteiger partial charge in [0.2, 0.25) is 11.8 Å². The molecule has 32 heteroatoms. The highest BCUT2D eigenvalue weighted by atomic mass is 32.2. The number of fused-ring (bicyclic) bond motifs is 2. The molecule has 0 bridgehead atoms. The number of nitrogens with two attached hydrogens (primary N) is 2. The van der Waals surface area contributed by atoms with Crippen LogP contribution in [-0.4, -0.2) is 187 Å². The number of rotatable bonds is 27. The van der Waals surface area contributed by atoms with Gasteiger partial charge in [0.1, 0.15) is 73.0 Å². The Labute approximate surface area is 484 Å². The molecule has 4 atom stereocenters. The number of anilines is 2. The summed E-state index contributed by atoms with van der Waals surface area (Å²) >= 11 is 4.83. The van der Waals surface area contributed by atoms with Gasteiger partial charge in [-0.15, -0.1) is 46.2 Å². The van der Waals surface area contributed by atoms with Crippen molar-refractivity contribution in [2.24, 2.45) is 10.3 Å². The zero-order valence-electron chi connectivity index (χ0n) is 44.6. The maximum Gasteiger partial charge on any atom is 0.352 e. The fourth-order valence-electron chi connectivity index (χ4n) is 9.06. The quantitative estimate of drug-likeness (QED) is 0.0142. The van der Waals surface area contributed by atoms with Gasteiger partial charge < -0.3 is 61.3 Å². The Bertz CT molecular complexity index is 3030. The number of ether oxygens (including phenoxy) is 2. The SMILES string of the molecule is CCN(Cc1cc[n+](CC2=C(C(=O)O)N3C(=O)C(NC(=O)C(=NOC)c4csc(N)n4)C3SC2)cc1)C(=O)COCCOCC(=O)N(CC)Cc1cc[n+](CC2=C(C(=O)O)N3C(=O)C(NC(=O)C(=NOC)c4csc(N)n4)C3SC2)cc1. The summed E-state index contributed by atoms with van der Waals surface area (Å²) in [5, 5.41) is 35.4. The van der Waals surface area contributed by atoms with E-state index in [1.54, 1.807) is 43.7 Å². The fourth-order valence-corrected chi connectivity index (χ4v) is 12.8. The summed E-state index contributed by atoms with van der Waals surface area (Å²) in [6.45, 7) is 5.02. The number of hydrogen-bond acceptors (Lipinski definition) is 22. The number of carbonyl (C=O) groups excluding carboxylic acids is 6. The minimum atomic E-state index is -1.28. The first kappa shape index (κ1) is 60.1. The molecule has 6 amide bonds. The van der Waals surface area contributed by atoms with Crippen LogP contribution in [0.25, 0.3) is 0 Å². The topological polar surface area (TPSA) is 361 Å². The lowest BCUT2D eigenvalue weighted by Crippen LogP contribution is -2.71. The average Bonchev–Trinajstić information content (AvgIpc) is 1.75. The Balaban J connectivity index is 0.745. The molecular weight excluding hydrogens is 1150 g/mol. The Kier molecular flexibility index (Phi) is 19.9. The Morgan fingerprint density at radius 2 is 1.05 bits per heavy atom. The number of thioether (sulfide) groups is 2. The van der Waals surface area contributed by atoms with Gasteiger partial charge in [-0.2, -0.15) is 0 Å². The summed E-state index contributed by atoms with van der Waals surface area (Å²) in [6.07, 6.45) is 7.03. The molecule has 4 aromatic heterocycles. The number of pyridine rings is 2. The molecular formula is C50H58N14O14S4+2. The van der Waals surface area contributed by atoms with Crippen LogP contribution in [0.3, 0.4) is 0 Å². The van der Waals surface area contributed by atoms with Crippen molar-refractivity contribution in [3.05, 3.63) is 105 Å². The van der Waals surface area contributed by atoms with Crippen LogP contribution in [0.15, 0.2) is 92.7 Å². The van der Waals surface area contributed by atoms with E-state index in [0.717, 1.165) is 33.8 Å². The first-order valence-electron chi connectivity index (χ1n) is 25.2. The van der Waals surface area contributed by atoms with Crippen molar-refractivity contribution in [3.8, 4) is 0 Å². The molecule has 0 aliphatic carbocycles. The molecule has 4 unspecified atom stereocenters. The summed E-state index contributed by atoms with van der Waals surface area (Å²) in [6, 6.07) is 5.23. The Morgan fingerprint density at radius 1 is 0.671 bits per heavy atom. The Hall–Kier alpha value is -8.04. The van der Waals surface area contributed by atoms with Crippen molar-refractivity contribution in [3.63, 3.8) is 0 Å². The monoisotopic (exact) mass is 1210 g/mol. The normalized spacial score (nSPS) is 18.7. The molecule has 4 aromatic rings. The van der Waals surface area contributed by atoms with Gasteiger partial charge in [0, 0.05) is 83.9 Å². The maximum atomic E-state index is 13.3. The second-order valence-electron chi connectivity index (χ2n) is 18.3. The van der Waals surface area contributed by atoms with Gasteiger partial charge in [0.25, 0.3) is 23.6 Å². The molecule has 2 fully saturated rings. The molecule has 8 N–H and O–H groups in total. The number of β-lactam (4-membered cyclic amide) rings is 2. The van der Waals surface area contributed by atoms with Crippen molar-refractivity contribution in [2.75, 3.05) is 76.7 Å². The highest BCUT2D eigenvalue weighted by Crippen LogP contribution is 2.42. The molecule has 0 radical (unpaired) electrons. The third-order valence-electron chi connectivity index (χ3n) is 13.1. The molecule has 2 saturated heterocycles. The first-order chi connectivity index (χ1) is 39.4. The molecule has 8 rings (SSSR count). The van der Waals surface area contributed by atoms with E-state index in [4.69, 9.17) is 30.6 Å². The van der Waals surface area contributed by atoms with Gasteiger partial charge in [0.05, 0.1) is 13.2 Å². The zero-order valence-corrected chi connectivity index (χ0v) is 47.9. The van der Waals surface area contributed by atoms with Crippen LogP contribution in [-0.2, 0) is 83.7 Å². The average molecular weight is 1210 g/mol. The molecule has 0 spiro atoms. The van der Waals surface area contributed by atoms with Crippen molar-refractivity contribution in [2.45, 2.75) is 62.9 Å². The van der Waals surface area contributed by atoms with Crippen LogP contribution in [0, 0.1) is 0 Å². The van der Waals surface area contributed by atoms with Crippen LogP contribution in [0.4, 0.5) is 10.3 Å². The number of amides is 6. The maximum absolute atomic E-state index is 13.3. The number of likely N-dealkylation sites (N-methyl/N-ethyl adjacent to an activating group) is 2. The van der Waals surface area contributed by atoms with E-state index in [9.17, 15) is 48.6 Å². The van der Waals surface area contributed by atoms with Crippen LogP contribution in [0.5, 0.6) is 0 Å². The van der Waals surface area contributed by atoms with Crippen molar-refractivity contribution in [1.29, 1.82) is 0 Å². The number of carbonyl (C=O) groups is 8. The predicted molar refractivity (Wildman–Crippen MR) is 297 cm³/mol. The van der Waals surface area contributed by atoms with Gasteiger partial charge in [0.15, 0.2) is 59.6 Å². The highest BCUT2D eigenvalue weighted by Gasteiger charge is 2.56. The smallest absolute Gasteiger partial charge is 0.352 e.